The quantitative estimate of drug-likeness (QED) is 0.382. The molecule has 0 radical (unpaired) electrons. The van der Waals surface area contributed by atoms with Crippen LogP contribution in [0.1, 0.15) is 36.7 Å². The minimum atomic E-state index is 0. The van der Waals surface area contributed by atoms with Crippen LogP contribution in [0.4, 0.5) is 0 Å². The molecule has 7 heteroatoms. The van der Waals surface area contributed by atoms with Crippen LogP contribution in [0.5, 0.6) is 0 Å². The molecule has 2 N–H and O–H groups in total. The maximum Gasteiger partial charge on any atom is 0.190 e. The zero-order valence-corrected chi connectivity index (χ0v) is 17.8. The van der Waals surface area contributed by atoms with Crippen molar-refractivity contribution in [3.05, 3.63) is 47.5 Å². The molecular weight excluding hydrogens is 427 g/mol. The third-order valence-electron chi connectivity index (χ3n) is 3.91. The van der Waals surface area contributed by atoms with E-state index < -0.39 is 0 Å². The number of hydrogen-bond donors (Lipinski definition) is 2. The van der Waals surface area contributed by atoms with Crippen molar-refractivity contribution in [2.45, 2.75) is 39.7 Å². The highest BCUT2D eigenvalue weighted by atomic mass is 127. The van der Waals surface area contributed by atoms with Crippen LogP contribution in [0, 0.1) is 6.92 Å². The van der Waals surface area contributed by atoms with Crippen molar-refractivity contribution >= 4 is 29.9 Å². The molecule has 0 aliphatic rings. The number of nitrogens with zero attached hydrogens (tertiary/aromatic N) is 4. The van der Waals surface area contributed by atoms with Gasteiger partial charge in [0.25, 0.3) is 0 Å². The molecule has 0 bridgehead atoms. The van der Waals surface area contributed by atoms with E-state index in [4.69, 9.17) is 0 Å². The van der Waals surface area contributed by atoms with Gasteiger partial charge in [-0.2, -0.15) is 5.10 Å². The zero-order chi connectivity index (χ0) is 17.4. The third kappa shape index (κ3) is 7.01. The highest BCUT2D eigenvalue weighted by Gasteiger charge is 2.03. The fourth-order valence-electron chi connectivity index (χ4n) is 2.43. The Morgan fingerprint density at radius 2 is 1.92 bits per heavy atom. The van der Waals surface area contributed by atoms with Crippen LogP contribution < -0.4 is 10.6 Å². The SMILES string of the molecule is CN=C(NCCc1ccn(C(C)C)n1)NCCc1ccncc1C.I. The van der Waals surface area contributed by atoms with E-state index in [1.165, 1.54) is 11.1 Å². The molecule has 0 unspecified atom stereocenters. The van der Waals surface area contributed by atoms with Crippen molar-refractivity contribution in [3.8, 4) is 0 Å². The summed E-state index contributed by atoms with van der Waals surface area (Å²) in [6.07, 6.45) is 7.60. The Hall–Kier alpha value is -1.64. The first-order chi connectivity index (χ1) is 11.6. The van der Waals surface area contributed by atoms with Crippen molar-refractivity contribution < 1.29 is 0 Å². The lowest BCUT2D eigenvalue weighted by atomic mass is 10.1. The van der Waals surface area contributed by atoms with Crippen molar-refractivity contribution in [1.29, 1.82) is 0 Å². The van der Waals surface area contributed by atoms with Gasteiger partial charge in [0.1, 0.15) is 0 Å². The fourth-order valence-corrected chi connectivity index (χ4v) is 2.43. The van der Waals surface area contributed by atoms with Crippen molar-refractivity contribution in [3.63, 3.8) is 0 Å². The van der Waals surface area contributed by atoms with Crippen LogP contribution in [-0.2, 0) is 12.8 Å². The summed E-state index contributed by atoms with van der Waals surface area (Å²) in [7, 11) is 1.79. The highest BCUT2D eigenvalue weighted by molar-refractivity contribution is 14.0. The molecule has 0 aliphatic carbocycles. The minimum absolute atomic E-state index is 0. The first-order valence-corrected chi connectivity index (χ1v) is 8.48. The molecule has 138 valence electrons. The molecule has 2 aromatic rings. The Bertz CT molecular complexity index is 665. The van der Waals surface area contributed by atoms with Crippen LogP contribution in [0.3, 0.4) is 0 Å². The molecule has 0 saturated heterocycles. The normalized spacial score (nSPS) is 11.3. The standard InChI is InChI=1S/C18H28N6.HI/c1-14(2)24-12-8-17(23-24)7-11-22-18(19-4)21-10-6-16-5-9-20-13-15(16)3;/h5,8-9,12-14H,6-7,10-11H2,1-4H3,(H2,19,21,22);1H. The molecule has 0 atom stereocenters. The van der Waals surface area contributed by atoms with Gasteiger partial charge in [0, 0.05) is 51.2 Å². The van der Waals surface area contributed by atoms with Crippen molar-refractivity contribution in [2.75, 3.05) is 20.1 Å². The fraction of sp³-hybridized carbons (Fsp3) is 0.500. The van der Waals surface area contributed by atoms with E-state index in [0.717, 1.165) is 37.6 Å². The molecular formula is C18H29IN6. The average molecular weight is 456 g/mol. The monoisotopic (exact) mass is 456 g/mol. The zero-order valence-electron chi connectivity index (χ0n) is 15.5. The smallest absolute Gasteiger partial charge is 0.190 e. The number of rotatable bonds is 7. The Labute approximate surface area is 167 Å². The van der Waals surface area contributed by atoms with Gasteiger partial charge in [-0.25, -0.2) is 0 Å². The molecule has 0 amide bonds. The van der Waals surface area contributed by atoms with E-state index in [1.54, 1.807) is 7.05 Å². The molecule has 0 aromatic carbocycles. The van der Waals surface area contributed by atoms with Gasteiger partial charge < -0.3 is 10.6 Å². The lowest BCUT2D eigenvalue weighted by Gasteiger charge is -2.12. The molecule has 0 spiro atoms. The number of guanidine groups is 1. The second-order valence-corrected chi connectivity index (χ2v) is 6.11. The van der Waals surface area contributed by atoms with Gasteiger partial charge >= 0.3 is 0 Å². The van der Waals surface area contributed by atoms with Gasteiger partial charge in [0.15, 0.2) is 5.96 Å². The highest BCUT2D eigenvalue weighted by Crippen LogP contribution is 2.05. The number of nitrogens with one attached hydrogen (secondary N) is 2. The largest absolute Gasteiger partial charge is 0.356 e. The van der Waals surface area contributed by atoms with Gasteiger partial charge in [-0.3, -0.25) is 14.7 Å². The average Bonchev–Trinajstić information content (AvgIpc) is 3.04. The first-order valence-electron chi connectivity index (χ1n) is 8.48. The maximum absolute atomic E-state index is 4.55. The molecule has 25 heavy (non-hydrogen) atoms. The number of aromatic nitrogens is 3. The van der Waals surface area contributed by atoms with Gasteiger partial charge in [-0.05, 0) is 50.5 Å². The van der Waals surface area contributed by atoms with Crippen molar-refractivity contribution in [2.24, 2.45) is 4.99 Å². The van der Waals surface area contributed by atoms with Crippen molar-refractivity contribution in [1.82, 2.24) is 25.4 Å². The Kier molecular flexibility index (Phi) is 9.48. The number of halogens is 1. The summed E-state index contributed by atoms with van der Waals surface area (Å²) >= 11 is 0. The topological polar surface area (TPSA) is 67.1 Å². The van der Waals surface area contributed by atoms with E-state index in [1.807, 2.05) is 23.3 Å². The van der Waals surface area contributed by atoms with Crippen LogP contribution in [0.25, 0.3) is 0 Å². The van der Waals surface area contributed by atoms with E-state index in [0.29, 0.717) is 6.04 Å². The van der Waals surface area contributed by atoms with E-state index >= 15 is 0 Å². The minimum Gasteiger partial charge on any atom is -0.356 e. The summed E-state index contributed by atoms with van der Waals surface area (Å²) in [5.74, 6) is 0.824. The van der Waals surface area contributed by atoms with E-state index in [2.05, 4.69) is 58.6 Å². The molecule has 2 rings (SSSR count). The molecule has 0 aliphatic heterocycles. The lowest BCUT2D eigenvalue weighted by molar-refractivity contribution is 0.526. The van der Waals surface area contributed by atoms with Crippen LogP contribution in [0.2, 0.25) is 0 Å². The summed E-state index contributed by atoms with van der Waals surface area (Å²) < 4.78 is 1.99. The predicted molar refractivity (Wildman–Crippen MR) is 114 cm³/mol. The molecule has 6 nitrogen and oxygen atoms in total. The summed E-state index contributed by atoms with van der Waals surface area (Å²) in [5.41, 5.74) is 3.63. The summed E-state index contributed by atoms with van der Waals surface area (Å²) in [4.78, 5) is 8.38. The summed E-state index contributed by atoms with van der Waals surface area (Å²) in [6, 6.07) is 4.54. The van der Waals surface area contributed by atoms with E-state index in [9.17, 15) is 0 Å². The van der Waals surface area contributed by atoms with Gasteiger partial charge in [0.2, 0.25) is 0 Å². The van der Waals surface area contributed by atoms with Gasteiger partial charge in [0.05, 0.1) is 5.69 Å². The van der Waals surface area contributed by atoms with Crippen LogP contribution >= 0.6 is 24.0 Å². The summed E-state index contributed by atoms with van der Waals surface area (Å²) in [5, 5.41) is 11.2. The maximum atomic E-state index is 4.55. The predicted octanol–water partition coefficient (Wildman–Crippen LogP) is 2.74. The number of pyridine rings is 1. The van der Waals surface area contributed by atoms with E-state index in [-0.39, 0.29) is 24.0 Å². The Morgan fingerprint density at radius 1 is 1.20 bits per heavy atom. The second kappa shape index (κ2) is 11.1. The second-order valence-electron chi connectivity index (χ2n) is 6.11. The molecule has 2 heterocycles. The number of aryl methyl sites for hydroxylation is 1. The number of hydrogen-bond acceptors (Lipinski definition) is 3. The third-order valence-corrected chi connectivity index (χ3v) is 3.91. The van der Waals surface area contributed by atoms with Crippen LogP contribution in [-0.4, -0.2) is 40.9 Å². The molecule has 2 aromatic heterocycles. The van der Waals surface area contributed by atoms with Crippen LogP contribution in [0.15, 0.2) is 35.7 Å². The molecule has 0 fully saturated rings. The first kappa shape index (κ1) is 21.4. The molecule has 0 saturated carbocycles. The number of aliphatic imine (C=N–C) groups is 1. The summed E-state index contributed by atoms with van der Waals surface area (Å²) in [6.45, 7) is 8.00. The lowest BCUT2D eigenvalue weighted by Crippen LogP contribution is -2.39. The van der Waals surface area contributed by atoms with Gasteiger partial charge in [-0.15, -0.1) is 24.0 Å². The Morgan fingerprint density at radius 3 is 2.52 bits per heavy atom. The Balaban J connectivity index is 0.00000312. The van der Waals surface area contributed by atoms with Gasteiger partial charge in [-0.1, -0.05) is 0 Å².